The van der Waals surface area contributed by atoms with Gasteiger partial charge in [0, 0.05) is 54.0 Å². The Hall–Kier alpha value is -2.80. The highest BCUT2D eigenvalue weighted by Gasteiger charge is 2.38. The van der Waals surface area contributed by atoms with E-state index in [0.717, 1.165) is 71.9 Å². The van der Waals surface area contributed by atoms with E-state index in [2.05, 4.69) is 61.7 Å². The zero-order valence-corrected chi connectivity index (χ0v) is 26.4. The molecule has 0 amide bonds. The maximum Gasteiger partial charge on any atom is 0.147 e. The minimum Gasteiger partial charge on any atom is -0.368 e. The van der Waals surface area contributed by atoms with E-state index < -0.39 is 0 Å². The zero-order valence-electron chi connectivity index (χ0n) is 25.6. The molecule has 42 heavy (non-hydrogen) atoms. The first-order valence-electron chi connectivity index (χ1n) is 15.3. The summed E-state index contributed by atoms with van der Waals surface area (Å²) in [7, 11) is 0. The van der Waals surface area contributed by atoms with Gasteiger partial charge in [0.1, 0.15) is 17.5 Å². The Morgan fingerprint density at radius 3 is 2.31 bits per heavy atom. The maximum absolute atomic E-state index is 16.2. The summed E-state index contributed by atoms with van der Waals surface area (Å²) < 4.78 is 46.7. The second-order valence-corrected chi connectivity index (χ2v) is 14.5. The van der Waals surface area contributed by atoms with E-state index in [4.69, 9.17) is 0 Å². The van der Waals surface area contributed by atoms with Gasteiger partial charge in [0.2, 0.25) is 0 Å². The van der Waals surface area contributed by atoms with Gasteiger partial charge < -0.3 is 14.1 Å². The predicted octanol–water partition coefficient (Wildman–Crippen LogP) is 8.63. The maximum atomic E-state index is 16.2. The van der Waals surface area contributed by atoms with Crippen LogP contribution in [0, 0.1) is 17.5 Å². The Kier molecular flexibility index (Phi) is 7.70. The number of hydrogen-bond acceptors (Lipinski definition) is 4. The van der Waals surface area contributed by atoms with Crippen molar-refractivity contribution >= 4 is 29.0 Å². The molecule has 3 nitrogen and oxygen atoms in total. The van der Waals surface area contributed by atoms with E-state index in [0.29, 0.717) is 0 Å². The molecule has 0 radical (unpaired) electrons. The summed E-state index contributed by atoms with van der Waals surface area (Å²) in [4.78, 5) is 4.53. The summed E-state index contributed by atoms with van der Waals surface area (Å²) in [6, 6.07) is 14.7. The number of halogens is 3. The molecule has 0 saturated heterocycles. The van der Waals surface area contributed by atoms with Crippen LogP contribution in [0.1, 0.15) is 76.1 Å². The number of aryl methyl sites for hydroxylation is 1. The van der Waals surface area contributed by atoms with Gasteiger partial charge in [0.25, 0.3) is 0 Å². The molecule has 0 aliphatic carbocycles. The number of fused-ring (bicyclic) bond motifs is 3. The Balaban J connectivity index is 1.25. The lowest BCUT2D eigenvalue weighted by atomic mass is 9.84. The Bertz CT molecular complexity index is 1490. The average molecular weight is 594 g/mol. The molecular formula is C35H42F3N3S. The zero-order chi connectivity index (χ0) is 29.9. The summed E-state index contributed by atoms with van der Waals surface area (Å²) in [6.45, 7) is 14.5. The molecular weight excluding hydrogens is 551 g/mol. The fraction of sp³-hybridized carbons (Fsp3) is 0.486. The number of hydrogen-bond donors (Lipinski definition) is 0. The van der Waals surface area contributed by atoms with E-state index in [1.807, 2.05) is 12.1 Å². The van der Waals surface area contributed by atoms with Gasteiger partial charge in [0.15, 0.2) is 0 Å². The largest absolute Gasteiger partial charge is 0.368 e. The lowest BCUT2D eigenvalue weighted by Gasteiger charge is -2.43. The van der Waals surface area contributed by atoms with Gasteiger partial charge in [-0.2, -0.15) is 0 Å². The fourth-order valence-corrected chi connectivity index (χ4v) is 8.72. The number of anilines is 3. The third-order valence-electron chi connectivity index (χ3n) is 9.37. The number of benzene rings is 3. The van der Waals surface area contributed by atoms with Crippen molar-refractivity contribution in [3.8, 4) is 0 Å². The Labute approximate surface area is 253 Å². The van der Waals surface area contributed by atoms with Crippen LogP contribution in [-0.2, 0) is 18.3 Å². The molecule has 224 valence electrons. The minimum atomic E-state index is -0.219. The van der Waals surface area contributed by atoms with Crippen LogP contribution < -0.4 is 14.1 Å². The van der Waals surface area contributed by atoms with E-state index in [1.165, 1.54) is 11.6 Å². The molecule has 6 rings (SSSR count). The summed E-state index contributed by atoms with van der Waals surface area (Å²) in [5, 5.41) is 0. The van der Waals surface area contributed by atoms with Gasteiger partial charge in [-0.3, -0.25) is 0 Å². The Morgan fingerprint density at radius 1 is 0.881 bits per heavy atom. The lowest BCUT2D eigenvalue weighted by molar-refractivity contribution is 0.500. The van der Waals surface area contributed by atoms with Gasteiger partial charge in [-0.1, -0.05) is 32.0 Å². The second-order valence-electron chi connectivity index (χ2n) is 13.5. The molecule has 0 aromatic heterocycles. The normalized spacial score (nSPS) is 21.2. The highest BCUT2D eigenvalue weighted by Crippen LogP contribution is 2.46. The van der Waals surface area contributed by atoms with E-state index in [-0.39, 0.29) is 46.9 Å². The van der Waals surface area contributed by atoms with Crippen molar-refractivity contribution in [1.82, 2.24) is 0 Å². The molecule has 2 unspecified atom stereocenters. The van der Waals surface area contributed by atoms with Crippen molar-refractivity contribution in [2.45, 2.75) is 90.3 Å². The topological polar surface area (TPSA) is 9.72 Å². The first-order chi connectivity index (χ1) is 19.9. The van der Waals surface area contributed by atoms with Gasteiger partial charge in [-0.25, -0.2) is 13.2 Å². The molecule has 7 heteroatoms. The molecule has 2 atom stereocenters. The number of nitrogens with zero attached hydrogens (tertiary/aromatic N) is 3. The molecule has 0 fully saturated rings. The molecule has 0 spiro atoms. The number of rotatable bonds is 6. The molecule has 3 aromatic rings. The second kappa shape index (κ2) is 11.0. The van der Waals surface area contributed by atoms with Gasteiger partial charge in [-0.15, -0.1) is 0 Å². The van der Waals surface area contributed by atoms with Gasteiger partial charge >= 0.3 is 0 Å². The van der Waals surface area contributed by atoms with Crippen molar-refractivity contribution in [1.29, 1.82) is 0 Å². The van der Waals surface area contributed by atoms with Crippen molar-refractivity contribution in [2.75, 3.05) is 32.9 Å². The SMILES string of the molecule is CC(C)N1CC(c2cc(F)c3c(c2)CCC(CSN2CC(C)(C)c4ccc(F)cc42)N3C(C)C)Cc2ccc(F)cc21. The fourth-order valence-electron chi connectivity index (χ4n) is 7.34. The standard InChI is InChI=1S/C35H42F3N3S/c1-21(2)39-18-26(13-23-7-9-27(36)16-32(23)39)25-14-24-8-11-29(41(22(3)4)34(24)31(38)15-25)19-42-40-20-35(5,6)30-12-10-28(37)17-33(30)40/h7,9-10,12,14-17,21-22,26,29H,8,11,13,18-20H2,1-6H3. The summed E-state index contributed by atoms with van der Waals surface area (Å²) in [5.74, 6) is 0.371. The lowest BCUT2D eigenvalue weighted by Crippen LogP contribution is -2.46. The van der Waals surface area contributed by atoms with Crippen LogP contribution in [0.15, 0.2) is 48.5 Å². The van der Waals surface area contributed by atoms with Gasteiger partial charge in [-0.05, 0) is 111 Å². The quantitative estimate of drug-likeness (QED) is 0.265. The van der Waals surface area contributed by atoms with E-state index in [1.54, 1.807) is 36.2 Å². The summed E-state index contributed by atoms with van der Waals surface area (Å²) in [5.41, 5.74) is 7.00. The van der Waals surface area contributed by atoms with Crippen molar-refractivity contribution in [2.24, 2.45) is 0 Å². The molecule has 3 heterocycles. The third kappa shape index (κ3) is 5.27. The van der Waals surface area contributed by atoms with Crippen LogP contribution in [0.2, 0.25) is 0 Å². The van der Waals surface area contributed by atoms with Crippen LogP contribution in [0.3, 0.4) is 0 Å². The van der Waals surface area contributed by atoms with E-state index in [9.17, 15) is 8.78 Å². The van der Waals surface area contributed by atoms with Crippen molar-refractivity contribution in [3.63, 3.8) is 0 Å². The first-order valence-corrected chi connectivity index (χ1v) is 16.2. The summed E-state index contributed by atoms with van der Waals surface area (Å²) >= 11 is 1.74. The van der Waals surface area contributed by atoms with Crippen molar-refractivity contribution < 1.29 is 13.2 Å². The third-order valence-corrected chi connectivity index (χ3v) is 10.5. The molecule has 0 N–H and O–H groups in total. The molecule has 0 saturated carbocycles. The summed E-state index contributed by atoms with van der Waals surface area (Å²) in [6.07, 6.45) is 2.55. The first kappa shape index (κ1) is 29.3. The van der Waals surface area contributed by atoms with Crippen LogP contribution in [-0.4, -0.2) is 37.0 Å². The molecule has 3 aliphatic heterocycles. The molecule has 3 aliphatic rings. The van der Waals surface area contributed by atoms with Crippen LogP contribution in [0.25, 0.3) is 0 Å². The smallest absolute Gasteiger partial charge is 0.147 e. The van der Waals surface area contributed by atoms with Gasteiger partial charge in [0.05, 0.1) is 11.4 Å². The predicted molar refractivity (Wildman–Crippen MR) is 171 cm³/mol. The van der Waals surface area contributed by atoms with Crippen molar-refractivity contribution in [3.05, 3.63) is 88.2 Å². The Morgan fingerprint density at radius 2 is 1.60 bits per heavy atom. The minimum absolute atomic E-state index is 0.0472. The van der Waals surface area contributed by atoms with Crippen LogP contribution in [0.4, 0.5) is 30.2 Å². The van der Waals surface area contributed by atoms with Crippen LogP contribution >= 0.6 is 11.9 Å². The highest BCUT2D eigenvalue weighted by molar-refractivity contribution is 8.00. The monoisotopic (exact) mass is 593 g/mol. The molecule has 0 bridgehead atoms. The van der Waals surface area contributed by atoms with E-state index >= 15 is 4.39 Å². The highest BCUT2D eigenvalue weighted by atomic mass is 32.2. The average Bonchev–Trinajstić information content (AvgIpc) is 3.19. The van der Waals surface area contributed by atoms with Crippen LogP contribution in [0.5, 0.6) is 0 Å². The molecule has 3 aromatic carbocycles.